The molecule has 1 aromatic rings. The molecule has 1 fully saturated rings. The minimum atomic E-state index is -1.12. The summed E-state index contributed by atoms with van der Waals surface area (Å²) >= 11 is 0. The van der Waals surface area contributed by atoms with Crippen molar-refractivity contribution < 1.29 is 29.4 Å². The summed E-state index contributed by atoms with van der Waals surface area (Å²) in [6, 6.07) is 2.84. The van der Waals surface area contributed by atoms with E-state index in [1.165, 1.54) is 17.0 Å². The number of nitrogens with one attached hydrogen (secondary N) is 2. The fourth-order valence-corrected chi connectivity index (χ4v) is 4.43. The van der Waals surface area contributed by atoms with E-state index < -0.39 is 42.0 Å². The van der Waals surface area contributed by atoms with Gasteiger partial charge in [-0.2, -0.15) is 0 Å². The summed E-state index contributed by atoms with van der Waals surface area (Å²) in [5.41, 5.74) is 6.95. The lowest BCUT2D eigenvalue weighted by atomic mass is 10.00. The molecule has 10 nitrogen and oxygen atoms in total. The number of carboxylic acid groups (broad SMARTS) is 1. The summed E-state index contributed by atoms with van der Waals surface area (Å²) in [4.78, 5) is 52.3. The predicted octanol–water partition coefficient (Wildman–Crippen LogP) is 1.40. The number of aliphatic carboxylic acids is 1. The number of carboxylic acids is 1. The van der Waals surface area contributed by atoms with Gasteiger partial charge in [0.1, 0.15) is 23.9 Å². The number of amides is 3. The Bertz CT molecular complexity index is 918. The Balaban J connectivity index is 2.08. The second kappa shape index (κ2) is 13.2. The largest absolute Gasteiger partial charge is 0.508 e. The van der Waals surface area contributed by atoms with Crippen LogP contribution in [0.25, 0.3) is 0 Å². The van der Waals surface area contributed by atoms with Gasteiger partial charge in [0.05, 0.1) is 6.04 Å². The quantitative estimate of drug-likeness (QED) is 0.287. The molecule has 0 aliphatic carbocycles. The van der Waals surface area contributed by atoms with Crippen molar-refractivity contribution in [3.63, 3.8) is 0 Å². The van der Waals surface area contributed by atoms with Gasteiger partial charge in [-0.1, -0.05) is 39.8 Å². The topological polar surface area (TPSA) is 162 Å². The zero-order chi connectivity index (χ0) is 27.0. The van der Waals surface area contributed by atoms with Crippen LogP contribution in [0.1, 0.15) is 58.9 Å². The van der Waals surface area contributed by atoms with Crippen LogP contribution in [0.2, 0.25) is 0 Å². The van der Waals surface area contributed by atoms with Crippen molar-refractivity contribution in [3.05, 3.63) is 29.8 Å². The highest BCUT2D eigenvalue weighted by molar-refractivity contribution is 5.94. The molecule has 4 unspecified atom stereocenters. The molecule has 200 valence electrons. The average Bonchev–Trinajstić information content (AvgIpc) is 3.28. The summed E-state index contributed by atoms with van der Waals surface area (Å²) in [5.74, 6) is -2.23. The lowest BCUT2D eigenvalue weighted by molar-refractivity contribution is -0.143. The van der Waals surface area contributed by atoms with Crippen molar-refractivity contribution in [1.29, 1.82) is 0 Å². The minimum Gasteiger partial charge on any atom is -0.508 e. The van der Waals surface area contributed by atoms with Crippen LogP contribution in [0.15, 0.2) is 24.3 Å². The monoisotopic (exact) mass is 504 g/mol. The third-order valence-corrected chi connectivity index (χ3v) is 6.21. The summed E-state index contributed by atoms with van der Waals surface area (Å²) in [6.45, 7) is 7.93. The van der Waals surface area contributed by atoms with Crippen LogP contribution in [0.3, 0.4) is 0 Å². The zero-order valence-corrected chi connectivity index (χ0v) is 21.6. The summed E-state index contributed by atoms with van der Waals surface area (Å²) < 4.78 is 0. The van der Waals surface area contributed by atoms with Gasteiger partial charge in [-0.25, -0.2) is 4.79 Å². The van der Waals surface area contributed by atoms with Gasteiger partial charge in [0.15, 0.2) is 0 Å². The molecule has 1 aliphatic heterocycles. The average molecular weight is 505 g/mol. The number of phenols is 1. The molecular formula is C26H40N4O6. The molecule has 1 aromatic carbocycles. The number of hydrogen-bond donors (Lipinski definition) is 5. The number of rotatable bonds is 12. The lowest BCUT2D eigenvalue weighted by Crippen LogP contribution is -2.57. The maximum absolute atomic E-state index is 13.2. The van der Waals surface area contributed by atoms with Crippen molar-refractivity contribution in [3.8, 4) is 5.75 Å². The van der Waals surface area contributed by atoms with E-state index in [2.05, 4.69) is 10.6 Å². The Morgan fingerprint density at radius 2 is 1.58 bits per heavy atom. The van der Waals surface area contributed by atoms with Crippen molar-refractivity contribution in [2.45, 2.75) is 84.0 Å². The Morgan fingerprint density at radius 1 is 1.00 bits per heavy atom. The first-order chi connectivity index (χ1) is 16.9. The van der Waals surface area contributed by atoms with Crippen molar-refractivity contribution >= 4 is 23.7 Å². The minimum absolute atomic E-state index is 0.0633. The van der Waals surface area contributed by atoms with Gasteiger partial charge >= 0.3 is 5.97 Å². The van der Waals surface area contributed by atoms with E-state index in [1.807, 2.05) is 27.7 Å². The van der Waals surface area contributed by atoms with Crippen LogP contribution in [-0.4, -0.2) is 69.5 Å². The fraction of sp³-hybridized carbons (Fsp3) is 0.615. The molecule has 36 heavy (non-hydrogen) atoms. The van der Waals surface area contributed by atoms with Gasteiger partial charge in [0, 0.05) is 6.54 Å². The van der Waals surface area contributed by atoms with E-state index >= 15 is 0 Å². The number of benzene rings is 1. The fourth-order valence-electron chi connectivity index (χ4n) is 4.43. The van der Waals surface area contributed by atoms with Gasteiger partial charge in [0.25, 0.3) is 0 Å². The van der Waals surface area contributed by atoms with Crippen LogP contribution < -0.4 is 16.4 Å². The first kappa shape index (κ1) is 29.1. The Labute approximate surface area is 212 Å². The van der Waals surface area contributed by atoms with Crippen LogP contribution in [0, 0.1) is 11.8 Å². The summed E-state index contributed by atoms with van der Waals surface area (Å²) in [7, 11) is 0. The summed E-state index contributed by atoms with van der Waals surface area (Å²) in [6.07, 6.45) is 1.94. The molecule has 0 aromatic heterocycles. The molecule has 1 aliphatic rings. The number of carbonyl (C=O) groups is 4. The molecule has 1 saturated heterocycles. The predicted molar refractivity (Wildman–Crippen MR) is 135 cm³/mol. The number of nitrogens with zero attached hydrogens (tertiary/aromatic N) is 1. The Morgan fingerprint density at radius 3 is 2.14 bits per heavy atom. The first-order valence-corrected chi connectivity index (χ1v) is 12.6. The molecule has 6 N–H and O–H groups in total. The molecule has 2 rings (SSSR count). The number of carbonyl (C=O) groups excluding carboxylic acids is 3. The van der Waals surface area contributed by atoms with Gasteiger partial charge in [-0.3, -0.25) is 14.4 Å². The van der Waals surface area contributed by atoms with Gasteiger partial charge in [0.2, 0.25) is 17.7 Å². The molecule has 1 heterocycles. The normalized spacial score (nSPS) is 18.1. The highest BCUT2D eigenvalue weighted by Crippen LogP contribution is 2.20. The van der Waals surface area contributed by atoms with Crippen molar-refractivity contribution in [2.75, 3.05) is 6.54 Å². The van der Waals surface area contributed by atoms with E-state index in [0.29, 0.717) is 25.8 Å². The standard InChI is InChI=1S/C26H40N4O6/c1-15(2)12-20(23(32)29-21(26(35)36)13-16(3)4)28-24(33)22-6-5-11-30(22)25(34)19(27)14-17-7-9-18(31)10-8-17/h7-10,15-16,19-22,31H,5-6,11-14,27H2,1-4H3,(H,28,33)(H,29,32)(H,35,36). The van der Waals surface area contributed by atoms with Crippen LogP contribution in [-0.2, 0) is 25.6 Å². The number of aromatic hydroxyl groups is 1. The molecule has 0 spiro atoms. The molecule has 0 bridgehead atoms. The van der Waals surface area contributed by atoms with Gasteiger partial charge in [-0.15, -0.1) is 0 Å². The van der Waals surface area contributed by atoms with E-state index in [4.69, 9.17) is 5.73 Å². The third-order valence-electron chi connectivity index (χ3n) is 6.21. The van der Waals surface area contributed by atoms with E-state index in [-0.39, 0.29) is 36.3 Å². The lowest BCUT2D eigenvalue weighted by Gasteiger charge is -2.29. The third kappa shape index (κ3) is 8.51. The molecule has 4 atom stereocenters. The number of phenolic OH excluding ortho intramolecular Hbond substituents is 1. The smallest absolute Gasteiger partial charge is 0.326 e. The number of likely N-dealkylation sites (tertiary alicyclic amines) is 1. The molecule has 10 heteroatoms. The SMILES string of the molecule is CC(C)CC(NC(=O)C(CC(C)C)NC(=O)C1CCCN1C(=O)C(N)Cc1ccc(O)cc1)C(=O)O. The van der Waals surface area contributed by atoms with Gasteiger partial charge < -0.3 is 31.5 Å². The maximum Gasteiger partial charge on any atom is 0.326 e. The highest BCUT2D eigenvalue weighted by atomic mass is 16.4. The second-order valence-electron chi connectivity index (χ2n) is 10.4. The van der Waals surface area contributed by atoms with Crippen molar-refractivity contribution in [2.24, 2.45) is 17.6 Å². The van der Waals surface area contributed by atoms with Crippen LogP contribution >= 0.6 is 0 Å². The molecule has 0 saturated carbocycles. The molecule has 0 radical (unpaired) electrons. The number of nitrogens with two attached hydrogens (primary N) is 1. The number of hydrogen-bond acceptors (Lipinski definition) is 6. The second-order valence-corrected chi connectivity index (χ2v) is 10.4. The van der Waals surface area contributed by atoms with E-state index in [0.717, 1.165) is 5.56 Å². The molecule has 3 amide bonds. The Kier molecular flexibility index (Phi) is 10.7. The van der Waals surface area contributed by atoms with E-state index in [1.54, 1.807) is 12.1 Å². The van der Waals surface area contributed by atoms with Crippen molar-refractivity contribution in [1.82, 2.24) is 15.5 Å². The molecular weight excluding hydrogens is 464 g/mol. The van der Waals surface area contributed by atoms with Crippen LogP contribution in [0.4, 0.5) is 0 Å². The highest BCUT2D eigenvalue weighted by Gasteiger charge is 2.38. The first-order valence-electron chi connectivity index (χ1n) is 12.6. The van der Waals surface area contributed by atoms with Crippen LogP contribution in [0.5, 0.6) is 5.75 Å². The summed E-state index contributed by atoms with van der Waals surface area (Å²) in [5, 5.41) is 24.2. The van der Waals surface area contributed by atoms with E-state index in [9.17, 15) is 29.4 Å². The Hall–Kier alpha value is -3.14. The maximum atomic E-state index is 13.2. The zero-order valence-electron chi connectivity index (χ0n) is 21.6. The van der Waals surface area contributed by atoms with Gasteiger partial charge in [-0.05, 0) is 61.6 Å².